The van der Waals surface area contributed by atoms with E-state index in [1.165, 1.54) is 194 Å². The van der Waals surface area contributed by atoms with Crippen LogP contribution in [0.1, 0.15) is 0 Å². The molecule has 0 heterocycles. The minimum Gasteiger partial charge on any atom is -0.187 e. The third-order valence-corrected chi connectivity index (χ3v) is 20.8. The van der Waals surface area contributed by atoms with E-state index in [1.807, 2.05) is 0 Å². The van der Waals surface area contributed by atoms with Crippen LogP contribution in [0, 0.1) is 0 Å². The molecule has 20 rings (SSSR count). The summed E-state index contributed by atoms with van der Waals surface area (Å²) in [5, 5.41) is 39.8. The first kappa shape index (κ1) is 51.6. The zero-order valence-electron chi connectivity index (χ0n) is 49.6. The van der Waals surface area contributed by atoms with Crippen LogP contribution in [0.4, 0.5) is 0 Å². The minimum atomic E-state index is -2.23. The molecular formula is C88H52BNa. The fourth-order valence-electron chi connectivity index (χ4n) is 16.7. The average molecular weight is 1140 g/mol. The van der Waals surface area contributed by atoms with E-state index in [0.717, 1.165) is 0 Å². The quantitative estimate of drug-likeness (QED) is 0.0936. The molecule has 2 heteroatoms. The SMILES string of the molecule is [Na+].c1ccc2cc3c(ccc4cc5cccc([B-](c6cccc7cc8ccc9cc%10ccccc%10cc9c8cc67)(c6cccc7cc8ccc9cc%10ccccc%10cc9c8cc67)c6cccc7cc8ccc9cc%10ccccc%10cc9c8cc67)c5cc43)cc2c1. The summed E-state index contributed by atoms with van der Waals surface area (Å²) in [4.78, 5) is 0. The summed E-state index contributed by atoms with van der Waals surface area (Å²) in [6.07, 6.45) is -2.23. The molecule has 0 spiro atoms. The maximum atomic E-state index is 2.57. The Hall–Kier alpha value is -10.4. The van der Waals surface area contributed by atoms with Crippen molar-refractivity contribution in [2.24, 2.45) is 0 Å². The fourth-order valence-corrected chi connectivity index (χ4v) is 16.7. The molecule has 0 N–H and O–H groups in total. The van der Waals surface area contributed by atoms with Gasteiger partial charge in [-0.2, -0.15) is 21.9 Å². The number of rotatable bonds is 4. The first-order chi connectivity index (χ1) is 44.0. The van der Waals surface area contributed by atoms with Crippen molar-refractivity contribution in [3.05, 3.63) is 315 Å². The van der Waals surface area contributed by atoms with E-state index in [-0.39, 0.29) is 29.6 Å². The van der Waals surface area contributed by atoms with Crippen LogP contribution in [0.5, 0.6) is 0 Å². The van der Waals surface area contributed by atoms with Crippen molar-refractivity contribution in [3.63, 3.8) is 0 Å². The van der Waals surface area contributed by atoms with Crippen LogP contribution in [0.25, 0.3) is 172 Å². The van der Waals surface area contributed by atoms with Gasteiger partial charge in [0, 0.05) is 0 Å². The predicted molar refractivity (Wildman–Crippen MR) is 390 cm³/mol. The molecule has 0 saturated carbocycles. The average Bonchev–Trinajstić information content (AvgIpc) is 0.712. The molecule has 0 atom stereocenters. The van der Waals surface area contributed by atoms with Crippen LogP contribution in [-0.4, -0.2) is 6.15 Å². The predicted octanol–water partition coefficient (Wildman–Crippen LogP) is 18.5. The summed E-state index contributed by atoms with van der Waals surface area (Å²) in [5.41, 5.74) is 5.19. The number of benzene rings is 20. The Morgan fingerprint density at radius 2 is 0.278 bits per heavy atom. The zero-order chi connectivity index (χ0) is 58.1. The minimum absolute atomic E-state index is 0. The molecule has 0 nitrogen and oxygen atoms in total. The standard InChI is InChI=1S/C88H52B.Na/c1-5-17-57-45-73-65(37-53(57)13-1)29-33-69-41-61-21-9-25-85(81(61)49-77(69)73)89(86-26-10-22-62-42-70-34-30-66-38-54-14-2-6-18-58(54)46-74(66)78(70)50-82(62)86,87-27-11-23-63-43-71-35-31-67-39-55-15-3-7-19-59(55)47-75(67)79(71)51-83(63)87)88-28-12-24-64-44-72-36-32-68-40-56-16-4-8-20-60(56)48-76(68)80(72)52-84(64)88;/h1-52H;/q-1;+1. The molecule has 0 aliphatic heterocycles. The van der Waals surface area contributed by atoms with Gasteiger partial charge in [-0.15, -0.1) is 0 Å². The van der Waals surface area contributed by atoms with Crippen LogP contribution >= 0.6 is 0 Å². The van der Waals surface area contributed by atoms with Gasteiger partial charge < -0.3 is 0 Å². The van der Waals surface area contributed by atoms with Crippen molar-refractivity contribution in [2.45, 2.75) is 0 Å². The second-order valence-electron chi connectivity index (χ2n) is 25.4. The van der Waals surface area contributed by atoms with Gasteiger partial charge in [-0.05, 0) is 248 Å². The maximum Gasteiger partial charge on any atom is 1.00 e. The molecule has 0 amide bonds. The molecule has 0 aliphatic carbocycles. The molecule has 0 unspecified atom stereocenters. The van der Waals surface area contributed by atoms with E-state index in [2.05, 4.69) is 315 Å². The molecule has 408 valence electrons. The van der Waals surface area contributed by atoms with E-state index in [0.29, 0.717) is 0 Å². The van der Waals surface area contributed by atoms with Crippen molar-refractivity contribution < 1.29 is 29.6 Å². The van der Waals surface area contributed by atoms with Gasteiger partial charge in [0.15, 0.2) is 0 Å². The smallest absolute Gasteiger partial charge is 0.187 e. The molecule has 20 aromatic rings. The molecule has 0 bridgehead atoms. The Balaban J connectivity index is 0.00000583. The van der Waals surface area contributed by atoms with E-state index >= 15 is 0 Å². The van der Waals surface area contributed by atoms with E-state index in [4.69, 9.17) is 0 Å². The van der Waals surface area contributed by atoms with Gasteiger partial charge in [0.1, 0.15) is 6.15 Å². The normalized spacial score (nSPS) is 12.4. The number of hydrogen-bond acceptors (Lipinski definition) is 0. The Morgan fingerprint density at radius 3 is 0.489 bits per heavy atom. The number of fused-ring (bicyclic) bond motifs is 20. The first-order valence-electron chi connectivity index (χ1n) is 31.3. The van der Waals surface area contributed by atoms with Crippen molar-refractivity contribution in [2.75, 3.05) is 0 Å². The molecule has 0 fully saturated rings. The fraction of sp³-hybridized carbons (Fsp3) is 0. The van der Waals surface area contributed by atoms with Crippen molar-refractivity contribution in [3.8, 4) is 0 Å². The first-order valence-corrected chi connectivity index (χ1v) is 31.3. The summed E-state index contributed by atoms with van der Waals surface area (Å²) in [7, 11) is 0. The largest absolute Gasteiger partial charge is 1.00 e. The third-order valence-electron chi connectivity index (χ3n) is 20.8. The topological polar surface area (TPSA) is 0 Å². The van der Waals surface area contributed by atoms with Crippen LogP contribution < -0.4 is 51.4 Å². The van der Waals surface area contributed by atoms with Crippen LogP contribution in [-0.2, 0) is 0 Å². The van der Waals surface area contributed by atoms with Crippen LogP contribution in [0.2, 0.25) is 0 Å². The maximum absolute atomic E-state index is 2.57. The Bertz CT molecular complexity index is 5760. The molecule has 0 saturated heterocycles. The summed E-state index contributed by atoms with van der Waals surface area (Å²) in [6.45, 7) is 0. The Morgan fingerprint density at radius 1 is 0.122 bits per heavy atom. The monoisotopic (exact) mass is 1140 g/mol. The Labute approximate surface area is 541 Å². The molecule has 0 aliphatic rings. The molecule has 90 heavy (non-hydrogen) atoms. The Kier molecular flexibility index (Phi) is 11.2. The van der Waals surface area contributed by atoms with Gasteiger partial charge in [0.2, 0.25) is 0 Å². The zero-order valence-corrected chi connectivity index (χ0v) is 51.6. The van der Waals surface area contributed by atoms with Crippen LogP contribution in [0.15, 0.2) is 315 Å². The van der Waals surface area contributed by atoms with E-state index in [9.17, 15) is 0 Å². The molecule has 0 aromatic heterocycles. The van der Waals surface area contributed by atoms with Crippen LogP contribution in [0.3, 0.4) is 0 Å². The van der Waals surface area contributed by atoms with Gasteiger partial charge >= 0.3 is 29.6 Å². The van der Waals surface area contributed by atoms with Gasteiger partial charge in [0.05, 0.1) is 0 Å². The second kappa shape index (κ2) is 19.6. The molecule has 0 radical (unpaired) electrons. The number of hydrogen-bond donors (Lipinski definition) is 0. The second-order valence-corrected chi connectivity index (χ2v) is 25.4. The summed E-state index contributed by atoms with van der Waals surface area (Å²) >= 11 is 0. The van der Waals surface area contributed by atoms with Crippen molar-refractivity contribution in [1.29, 1.82) is 0 Å². The van der Waals surface area contributed by atoms with Gasteiger partial charge in [0.25, 0.3) is 0 Å². The van der Waals surface area contributed by atoms with Crippen molar-refractivity contribution >= 4 is 200 Å². The third kappa shape index (κ3) is 7.55. The summed E-state index contributed by atoms with van der Waals surface area (Å²) in [6, 6.07) is 122. The van der Waals surface area contributed by atoms with Gasteiger partial charge in [-0.25, -0.2) is 0 Å². The van der Waals surface area contributed by atoms with E-state index in [1.54, 1.807) is 0 Å². The summed E-state index contributed by atoms with van der Waals surface area (Å²) in [5.74, 6) is 0. The van der Waals surface area contributed by atoms with Gasteiger partial charge in [-0.1, -0.05) is 240 Å². The van der Waals surface area contributed by atoms with Gasteiger partial charge in [-0.3, -0.25) is 0 Å². The van der Waals surface area contributed by atoms with Crippen molar-refractivity contribution in [1.82, 2.24) is 0 Å². The summed E-state index contributed by atoms with van der Waals surface area (Å²) < 4.78 is 0. The molecular weight excluding hydrogens is 1090 g/mol. The van der Waals surface area contributed by atoms with E-state index < -0.39 is 6.15 Å². The molecule has 20 aromatic carbocycles.